The number of carbonyl (C=O) groups excluding carboxylic acids is 1. The molecule has 106 valence electrons. The minimum Gasteiger partial charge on any atom is -0.343 e. The Hall–Kier alpha value is -1.85. The summed E-state index contributed by atoms with van der Waals surface area (Å²) in [7, 11) is 3.39. The molecule has 0 saturated carbocycles. The summed E-state index contributed by atoms with van der Waals surface area (Å²) >= 11 is 6.04. The van der Waals surface area contributed by atoms with Crippen LogP contribution in [0.1, 0.15) is 16.1 Å². The van der Waals surface area contributed by atoms with Crippen LogP contribution >= 0.6 is 11.6 Å². The first-order valence-electron chi connectivity index (χ1n) is 6.29. The molecule has 0 aliphatic carbocycles. The van der Waals surface area contributed by atoms with Crippen LogP contribution in [-0.4, -0.2) is 41.2 Å². The molecule has 1 heterocycles. The second-order valence-corrected chi connectivity index (χ2v) is 5.09. The lowest BCUT2D eigenvalue weighted by Gasteiger charge is -2.10. The third-order valence-corrected chi connectivity index (χ3v) is 3.16. The lowest BCUT2D eigenvalue weighted by Crippen LogP contribution is -2.22. The monoisotopic (exact) mass is 292 g/mol. The zero-order valence-corrected chi connectivity index (χ0v) is 12.3. The van der Waals surface area contributed by atoms with Gasteiger partial charge in [0.2, 0.25) is 0 Å². The topological polar surface area (TPSA) is 64.2 Å². The highest BCUT2D eigenvalue weighted by molar-refractivity contribution is 6.30. The predicted octanol–water partition coefficient (Wildman–Crippen LogP) is 1.73. The Morgan fingerprint density at radius 3 is 2.80 bits per heavy atom. The third kappa shape index (κ3) is 3.00. The number of aromatic nitrogens is 2. The van der Waals surface area contributed by atoms with Gasteiger partial charge in [-0.1, -0.05) is 17.7 Å². The zero-order valence-electron chi connectivity index (χ0n) is 11.5. The quantitative estimate of drug-likeness (QED) is 0.933. The maximum absolute atomic E-state index is 11.9. The standard InChI is InChI=1S/C14H17ClN4O/c1-18(2)14(20)12-6-8-19(17-12)13-9-11(15)4-3-10(13)5-7-16/h3-4,6,8-9H,5,7,16H2,1-2H3. The Kier molecular flexibility index (Phi) is 4.42. The van der Waals surface area contributed by atoms with E-state index in [1.54, 1.807) is 31.0 Å². The minimum absolute atomic E-state index is 0.133. The molecule has 0 atom stereocenters. The van der Waals surface area contributed by atoms with Gasteiger partial charge in [0, 0.05) is 25.3 Å². The molecule has 0 fully saturated rings. The molecular formula is C14H17ClN4O. The molecule has 2 rings (SSSR count). The highest BCUT2D eigenvalue weighted by Gasteiger charge is 2.13. The van der Waals surface area contributed by atoms with Gasteiger partial charge in [0.15, 0.2) is 5.69 Å². The van der Waals surface area contributed by atoms with Crippen molar-refractivity contribution in [2.24, 2.45) is 5.73 Å². The SMILES string of the molecule is CN(C)C(=O)c1ccn(-c2cc(Cl)ccc2CCN)n1. The summed E-state index contributed by atoms with van der Waals surface area (Å²) in [6, 6.07) is 7.27. The molecular weight excluding hydrogens is 276 g/mol. The van der Waals surface area contributed by atoms with Crippen LogP contribution in [-0.2, 0) is 6.42 Å². The van der Waals surface area contributed by atoms with Crippen molar-refractivity contribution in [3.8, 4) is 5.69 Å². The van der Waals surface area contributed by atoms with Gasteiger partial charge in [0.1, 0.15) is 0 Å². The van der Waals surface area contributed by atoms with Crippen molar-refractivity contribution in [2.75, 3.05) is 20.6 Å². The summed E-state index contributed by atoms with van der Waals surface area (Å²) < 4.78 is 1.66. The van der Waals surface area contributed by atoms with Crippen molar-refractivity contribution in [1.29, 1.82) is 0 Å². The molecule has 1 aromatic heterocycles. The molecule has 0 spiro atoms. The Morgan fingerprint density at radius 2 is 2.15 bits per heavy atom. The van der Waals surface area contributed by atoms with Gasteiger partial charge < -0.3 is 10.6 Å². The molecule has 5 nitrogen and oxygen atoms in total. The number of carbonyl (C=O) groups is 1. The second-order valence-electron chi connectivity index (χ2n) is 4.66. The van der Waals surface area contributed by atoms with Crippen molar-refractivity contribution >= 4 is 17.5 Å². The van der Waals surface area contributed by atoms with E-state index in [1.165, 1.54) is 4.90 Å². The fraction of sp³-hybridized carbons (Fsp3) is 0.286. The summed E-state index contributed by atoms with van der Waals surface area (Å²) in [5.74, 6) is -0.133. The molecule has 2 aromatic rings. The maximum Gasteiger partial charge on any atom is 0.273 e. The van der Waals surface area contributed by atoms with Crippen molar-refractivity contribution in [2.45, 2.75) is 6.42 Å². The van der Waals surface area contributed by atoms with Crippen molar-refractivity contribution < 1.29 is 4.79 Å². The lowest BCUT2D eigenvalue weighted by atomic mass is 10.1. The summed E-state index contributed by atoms with van der Waals surface area (Å²) in [4.78, 5) is 13.4. The summed E-state index contributed by atoms with van der Waals surface area (Å²) in [6.07, 6.45) is 2.48. The number of hydrogen-bond acceptors (Lipinski definition) is 3. The maximum atomic E-state index is 11.9. The molecule has 0 aliphatic rings. The molecule has 6 heteroatoms. The molecule has 1 amide bonds. The van der Waals surface area contributed by atoms with Crippen LogP contribution in [0, 0.1) is 0 Å². The van der Waals surface area contributed by atoms with Gasteiger partial charge >= 0.3 is 0 Å². The van der Waals surface area contributed by atoms with Crippen LogP contribution in [0.15, 0.2) is 30.5 Å². The molecule has 0 aliphatic heterocycles. The van der Waals surface area contributed by atoms with Crippen molar-refractivity contribution in [3.63, 3.8) is 0 Å². The van der Waals surface area contributed by atoms with Gasteiger partial charge in [-0.3, -0.25) is 4.79 Å². The molecule has 1 aromatic carbocycles. The summed E-state index contributed by atoms with van der Waals surface area (Å²) in [5, 5.41) is 4.93. The van der Waals surface area contributed by atoms with Gasteiger partial charge in [-0.05, 0) is 36.7 Å². The van der Waals surface area contributed by atoms with E-state index in [0.717, 1.165) is 17.7 Å². The smallest absolute Gasteiger partial charge is 0.273 e. The van der Waals surface area contributed by atoms with Gasteiger partial charge in [-0.25, -0.2) is 4.68 Å². The van der Waals surface area contributed by atoms with Crippen LogP contribution in [0.3, 0.4) is 0 Å². The first-order chi connectivity index (χ1) is 9.52. The van der Waals surface area contributed by atoms with Gasteiger partial charge in [0.25, 0.3) is 5.91 Å². The first kappa shape index (κ1) is 14.6. The number of amides is 1. The van der Waals surface area contributed by atoms with E-state index < -0.39 is 0 Å². The lowest BCUT2D eigenvalue weighted by molar-refractivity contribution is 0.0821. The zero-order chi connectivity index (χ0) is 14.7. The average Bonchev–Trinajstić information content (AvgIpc) is 2.89. The van der Waals surface area contributed by atoms with E-state index >= 15 is 0 Å². The Morgan fingerprint density at radius 1 is 1.40 bits per heavy atom. The van der Waals surface area contributed by atoms with Gasteiger partial charge in [-0.2, -0.15) is 5.10 Å². The van der Waals surface area contributed by atoms with E-state index in [0.29, 0.717) is 17.3 Å². The highest BCUT2D eigenvalue weighted by Crippen LogP contribution is 2.20. The van der Waals surface area contributed by atoms with Crippen LogP contribution in [0.4, 0.5) is 0 Å². The molecule has 0 bridgehead atoms. The van der Waals surface area contributed by atoms with E-state index in [4.69, 9.17) is 17.3 Å². The molecule has 0 unspecified atom stereocenters. The van der Waals surface area contributed by atoms with Crippen LogP contribution < -0.4 is 5.73 Å². The Labute approximate surface area is 122 Å². The number of benzene rings is 1. The number of halogens is 1. The van der Waals surface area contributed by atoms with E-state index in [2.05, 4.69) is 5.10 Å². The number of nitrogens with two attached hydrogens (primary N) is 1. The summed E-state index contributed by atoms with van der Waals surface area (Å²) in [6.45, 7) is 0.541. The van der Waals surface area contributed by atoms with Gasteiger partial charge in [0.05, 0.1) is 5.69 Å². The fourth-order valence-corrected chi connectivity index (χ4v) is 2.08. The van der Waals surface area contributed by atoms with Crippen LogP contribution in [0.2, 0.25) is 5.02 Å². The van der Waals surface area contributed by atoms with E-state index in [-0.39, 0.29) is 5.91 Å². The largest absolute Gasteiger partial charge is 0.343 e. The van der Waals surface area contributed by atoms with Crippen LogP contribution in [0.25, 0.3) is 5.69 Å². The predicted molar refractivity (Wildman–Crippen MR) is 79.3 cm³/mol. The van der Waals surface area contributed by atoms with Crippen molar-refractivity contribution in [1.82, 2.24) is 14.7 Å². The molecule has 0 saturated heterocycles. The molecule has 2 N–H and O–H groups in total. The number of rotatable bonds is 4. The highest BCUT2D eigenvalue weighted by atomic mass is 35.5. The number of nitrogens with zero attached hydrogens (tertiary/aromatic N) is 3. The average molecular weight is 293 g/mol. The van der Waals surface area contributed by atoms with Crippen molar-refractivity contribution in [3.05, 3.63) is 46.7 Å². The third-order valence-electron chi connectivity index (χ3n) is 2.92. The minimum atomic E-state index is -0.133. The fourth-order valence-electron chi connectivity index (χ4n) is 1.92. The first-order valence-corrected chi connectivity index (χ1v) is 6.67. The molecule has 20 heavy (non-hydrogen) atoms. The normalized spacial score (nSPS) is 10.6. The Bertz CT molecular complexity index is 621. The molecule has 0 radical (unpaired) electrons. The number of hydrogen-bond donors (Lipinski definition) is 1. The van der Waals surface area contributed by atoms with Gasteiger partial charge in [-0.15, -0.1) is 0 Å². The summed E-state index contributed by atoms with van der Waals surface area (Å²) in [5.41, 5.74) is 7.91. The van der Waals surface area contributed by atoms with E-state index in [9.17, 15) is 4.79 Å². The Balaban J connectivity index is 2.41. The van der Waals surface area contributed by atoms with E-state index in [1.807, 2.05) is 18.2 Å². The van der Waals surface area contributed by atoms with Crippen LogP contribution in [0.5, 0.6) is 0 Å². The second kappa shape index (κ2) is 6.07.